The molecule has 0 amide bonds. The second kappa shape index (κ2) is 6.43. The molecule has 0 spiro atoms. The summed E-state index contributed by atoms with van der Waals surface area (Å²) in [5.74, 6) is 0.441. The summed E-state index contributed by atoms with van der Waals surface area (Å²) in [4.78, 5) is 0. The lowest BCUT2D eigenvalue weighted by atomic mass is 10.2. The van der Waals surface area contributed by atoms with E-state index in [-0.39, 0.29) is 5.82 Å². The molecule has 0 fully saturated rings. The summed E-state index contributed by atoms with van der Waals surface area (Å²) in [7, 11) is 0. The van der Waals surface area contributed by atoms with Crippen LogP contribution >= 0.6 is 11.6 Å². The molecule has 2 rings (SSSR count). The van der Waals surface area contributed by atoms with Gasteiger partial charge < -0.3 is 10.1 Å². The van der Waals surface area contributed by atoms with E-state index in [1.807, 2.05) is 25.1 Å². The van der Waals surface area contributed by atoms with Crippen molar-refractivity contribution >= 4 is 17.3 Å². The molecule has 0 heterocycles. The van der Waals surface area contributed by atoms with Gasteiger partial charge in [0.2, 0.25) is 0 Å². The van der Waals surface area contributed by atoms with E-state index >= 15 is 0 Å². The van der Waals surface area contributed by atoms with Crippen LogP contribution in [0.3, 0.4) is 0 Å². The fraction of sp³-hybridized carbons (Fsp3) is 0.200. The van der Waals surface area contributed by atoms with Crippen molar-refractivity contribution in [2.45, 2.75) is 6.92 Å². The Morgan fingerprint density at radius 1 is 1.16 bits per heavy atom. The number of hydrogen-bond acceptors (Lipinski definition) is 2. The average Bonchev–Trinajstić information content (AvgIpc) is 2.40. The van der Waals surface area contributed by atoms with E-state index in [2.05, 4.69) is 5.32 Å². The number of aryl methyl sites for hydroxylation is 1. The minimum Gasteiger partial charge on any atom is -0.490 e. The fourth-order valence-electron chi connectivity index (χ4n) is 1.65. The Bertz CT molecular complexity index is 542. The average molecular weight is 280 g/mol. The molecule has 0 atom stereocenters. The van der Waals surface area contributed by atoms with Gasteiger partial charge in [0.15, 0.2) is 0 Å². The number of ether oxygens (including phenoxy) is 1. The topological polar surface area (TPSA) is 21.3 Å². The van der Waals surface area contributed by atoms with Gasteiger partial charge in [-0.1, -0.05) is 17.7 Å². The molecular formula is C15H15ClFNO. The Morgan fingerprint density at radius 2 is 1.89 bits per heavy atom. The second-order valence-corrected chi connectivity index (χ2v) is 4.62. The minimum atomic E-state index is -0.242. The maximum Gasteiger partial charge on any atom is 0.138 e. The van der Waals surface area contributed by atoms with Crippen molar-refractivity contribution in [2.24, 2.45) is 0 Å². The number of benzene rings is 2. The molecule has 0 saturated carbocycles. The lowest BCUT2D eigenvalue weighted by molar-refractivity contribution is 0.333. The maximum atomic E-state index is 12.7. The predicted molar refractivity (Wildman–Crippen MR) is 76.6 cm³/mol. The third-order valence-electron chi connectivity index (χ3n) is 2.62. The van der Waals surface area contributed by atoms with E-state index < -0.39 is 0 Å². The van der Waals surface area contributed by atoms with Gasteiger partial charge >= 0.3 is 0 Å². The van der Waals surface area contributed by atoms with Crippen LogP contribution in [0.25, 0.3) is 0 Å². The molecule has 0 aliphatic rings. The van der Waals surface area contributed by atoms with Crippen LogP contribution in [0.2, 0.25) is 5.02 Å². The Balaban J connectivity index is 1.80. The van der Waals surface area contributed by atoms with E-state index in [4.69, 9.17) is 16.3 Å². The number of hydrogen-bond donors (Lipinski definition) is 1. The van der Waals surface area contributed by atoms with Gasteiger partial charge in [0.25, 0.3) is 0 Å². The van der Waals surface area contributed by atoms with Crippen molar-refractivity contribution in [3.8, 4) is 5.75 Å². The van der Waals surface area contributed by atoms with E-state index in [9.17, 15) is 4.39 Å². The molecule has 2 aromatic carbocycles. The molecule has 1 N–H and O–H groups in total. The van der Waals surface area contributed by atoms with Crippen LogP contribution in [0.5, 0.6) is 5.75 Å². The van der Waals surface area contributed by atoms with Crippen LogP contribution in [-0.2, 0) is 0 Å². The molecule has 0 aliphatic heterocycles. The smallest absolute Gasteiger partial charge is 0.138 e. The Hall–Kier alpha value is -1.74. The third-order valence-corrected chi connectivity index (χ3v) is 2.93. The van der Waals surface area contributed by atoms with Crippen LogP contribution < -0.4 is 10.1 Å². The van der Waals surface area contributed by atoms with Crippen molar-refractivity contribution in [1.82, 2.24) is 0 Å². The van der Waals surface area contributed by atoms with Gasteiger partial charge in [-0.3, -0.25) is 0 Å². The first-order chi connectivity index (χ1) is 9.15. The summed E-state index contributed by atoms with van der Waals surface area (Å²) in [6, 6.07) is 11.9. The summed E-state index contributed by atoms with van der Waals surface area (Å²) < 4.78 is 18.3. The standard InChI is InChI=1S/C15H15ClFNO/c1-11-2-7-14(16)15(10-11)19-9-8-18-13-5-3-12(17)4-6-13/h2-7,10,18H,8-9H2,1H3. The SMILES string of the molecule is Cc1ccc(Cl)c(OCCNc2ccc(F)cc2)c1. The van der Waals surface area contributed by atoms with Gasteiger partial charge in [0, 0.05) is 12.2 Å². The Kier molecular flexibility index (Phi) is 4.63. The normalized spacial score (nSPS) is 10.3. The van der Waals surface area contributed by atoms with Gasteiger partial charge in [0.1, 0.15) is 18.2 Å². The molecule has 0 aromatic heterocycles. The molecule has 100 valence electrons. The number of halogens is 2. The highest BCUT2D eigenvalue weighted by Gasteiger charge is 2.01. The first-order valence-electron chi connectivity index (χ1n) is 6.03. The molecule has 0 radical (unpaired) electrons. The second-order valence-electron chi connectivity index (χ2n) is 4.22. The van der Waals surface area contributed by atoms with Gasteiger partial charge in [-0.2, -0.15) is 0 Å². The number of nitrogens with one attached hydrogen (secondary N) is 1. The Labute approximate surface area is 117 Å². The quantitative estimate of drug-likeness (QED) is 0.825. The van der Waals surface area contributed by atoms with E-state index in [0.717, 1.165) is 11.3 Å². The highest BCUT2D eigenvalue weighted by molar-refractivity contribution is 6.32. The maximum absolute atomic E-state index is 12.7. The van der Waals surface area contributed by atoms with Gasteiger partial charge in [-0.05, 0) is 48.9 Å². The van der Waals surface area contributed by atoms with Crippen LogP contribution in [0.4, 0.5) is 10.1 Å². The van der Waals surface area contributed by atoms with Gasteiger partial charge in [0.05, 0.1) is 5.02 Å². The van der Waals surface area contributed by atoms with Gasteiger partial charge in [-0.25, -0.2) is 4.39 Å². The molecule has 4 heteroatoms. The van der Waals surface area contributed by atoms with Crippen LogP contribution in [0, 0.1) is 12.7 Å². The fourth-order valence-corrected chi connectivity index (χ4v) is 1.82. The molecule has 2 nitrogen and oxygen atoms in total. The molecule has 2 aromatic rings. The molecule has 0 unspecified atom stereocenters. The van der Waals surface area contributed by atoms with Crippen molar-refractivity contribution in [1.29, 1.82) is 0 Å². The molecular weight excluding hydrogens is 265 g/mol. The van der Waals surface area contributed by atoms with Crippen molar-refractivity contribution in [3.63, 3.8) is 0 Å². The van der Waals surface area contributed by atoms with Crippen LogP contribution in [0.1, 0.15) is 5.56 Å². The summed E-state index contributed by atoms with van der Waals surface area (Å²) in [6.45, 7) is 3.09. The summed E-state index contributed by atoms with van der Waals surface area (Å²) >= 11 is 6.02. The first kappa shape index (κ1) is 13.7. The van der Waals surface area contributed by atoms with Crippen LogP contribution in [0.15, 0.2) is 42.5 Å². The third kappa shape index (κ3) is 4.14. The number of anilines is 1. The molecule has 0 aliphatic carbocycles. The predicted octanol–water partition coefficient (Wildman–Crippen LogP) is 4.28. The molecule has 0 saturated heterocycles. The first-order valence-corrected chi connectivity index (χ1v) is 6.41. The van der Waals surface area contributed by atoms with E-state index in [1.165, 1.54) is 12.1 Å². The highest BCUT2D eigenvalue weighted by Crippen LogP contribution is 2.25. The largest absolute Gasteiger partial charge is 0.490 e. The zero-order valence-electron chi connectivity index (χ0n) is 10.6. The van der Waals surface area contributed by atoms with Crippen molar-refractivity contribution < 1.29 is 9.13 Å². The number of rotatable bonds is 5. The van der Waals surface area contributed by atoms with Crippen LogP contribution in [-0.4, -0.2) is 13.2 Å². The Morgan fingerprint density at radius 3 is 2.63 bits per heavy atom. The summed E-state index contributed by atoms with van der Waals surface area (Å²) in [5.41, 5.74) is 1.96. The van der Waals surface area contributed by atoms with Crippen molar-refractivity contribution in [3.05, 3.63) is 58.9 Å². The lowest BCUT2D eigenvalue weighted by Crippen LogP contribution is -2.11. The van der Waals surface area contributed by atoms with E-state index in [1.54, 1.807) is 12.1 Å². The van der Waals surface area contributed by atoms with E-state index in [0.29, 0.717) is 23.9 Å². The summed E-state index contributed by atoms with van der Waals surface area (Å²) in [5, 5.41) is 3.75. The molecule has 0 bridgehead atoms. The van der Waals surface area contributed by atoms with Crippen molar-refractivity contribution in [2.75, 3.05) is 18.5 Å². The monoisotopic (exact) mass is 279 g/mol. The summed E-state index contributed by atoms with van der Waals surface area (Å²) in [6.07, 6.45) is 0. The lowest BCUT2D eigenvalue weighted by Gasteiger charge is -2.10. The zero-order valence-corrected chi connectivity index (χ0v) is 11.4. The van der Waals surface area contributed by atoms with Gasteiger partial charge in [-0.15, -0.1) is 0 Å². The minimum absolute atomic E-state index is 0.242. The highest BCUT2D eigenvalue weighted by atomic mass is 35.5. The zero-order chi connectivity index (χ0) is 13.7. The molecule has 19 heavy (non-hydrogen) atoms.